The summed E-state index contributed by atoms with van der Waals surface area (Å²) < 4.78 is 0.228. The molecule has 0 fully saturated rings. The highest BCUT2D eigenvalue weighted by molar-refractivity contribution is 8.16. The van der Waals surface area contributed by atoms with Crippen LogP contribution in [0.5, 0.6) is 0 Å². The molecule has 1 aliphatic heterocycles. The number of ketones is 1. The molecule has 0 radical (unpaired) electrons. The van der Waals surface area contributed by atoms with Crippen LogP contribution in [0.4, 0.5) is 0 Å². The van der Waals surface area contributed by atoms with E-state index in [0.717, 1.165) is 11.1 Å². The molecule has 0 spiro atoms. The fourth-order valence-corrected chi connectivity index (χ4v) is 4.93. The zero-order valence-corrected chi connectivity index (χ0v) is 13.7. The molecule has 2 unspecified atom stereocenters. The fourth-order valence-electron chi connectivity index (χ4n) is 2.24. The second-order valence-electron chi connectivity index (χ2n) is 5.96. The van der Waals surface area contributed by atoms with E-state index >= 15 is 0 Å². The maximum absolute atomic E-state index is 12.6. The van der Waals surface area contributed by atoms with Crippen LogP contribution >= 0.6 is 23.5 Å². The molecule has 0 aromatic heterocycles. The molecule has 108 valence electrons. The van der Waals surface area contributed by atoms with Gasteiger partial charge in [0.25, 0.3) is 0 Å². The molecule has 0 bridgehead atoms. The van der Waals surface area contributed by atoms with Crippen LogP contribution < -0.4 is 5.46 Å². The van der Waals surface area contributed by atoms with Gasteiger partial charge in [-0.25, -0.2) is 0 Å². The van der Waals surface area contributed by atoms with Crippen LogP contribution in [-0.2, 0) is 4.79 Å². The number of fused-ring (bicyclic) bond motifs is 1. The highest BCUT2D eigenvalue weighted by atomic mass is 32.2. The average Bonchev–Trinajstić information content (AvgIpc) is 2.74. The molecule has 20 heavy (non-hydrogen) atoms. The summed E-state index contributed by atoms with van der Waals surface area (Å²) in [7, 11) is -1.50. The van der Waals surface area contributed by atoms with Crippen LogP contribution in [-0.4, -0.2) is 29.2 Å². The quantitative estimate of drug-likeness (QED) is 0.838. The zero-order chi connectivity index (χ0) is 15.1. The van der Waals surface area contributed by atoms with Crippen molar-refractivity contribution in [3.05, 3.63) is 29.3 Å². The summed E-state index contributed by atoms with van der Waals surface area (Å²) in [6, 6.07) is 5.39. The number of rotatable bonds is 3. The lowest BCUT2D eigenvalue weighted by molar-refractivity contribution is -0.125. The van der Waals surface area contributed by atoms with Crippen LogP contribution in [0.2, 0.25) is 0 Å². The van der Waals surface area contributed by atoms with Crippen molar-refractivity contribution >= 4 is 41.9 Å². The van der Waals surface area contributed by atoms with E-state index < -0.39 is 12.5 Å². The van der Waals surface area contributed by atoms with Crippen LogP contribution in [0.3, 0.4) is 0 Å². The van der Waals surface area contributed by atoms with Gasteiger partial charge >= 0.3 is 7.12 Å². The summed E-state index contributed by atoms with van der Waals surface area (Å²) in [5.41, 5.74) is 2.09. The summed E-state index contributed by atoms with van der Waals surface area (Å²) in [6.07, 6.45) is 2.03. The number of Topliss-reactive ketones (excluding diaryl/α,β-unsaturated/α-hetero) is 1. The Hall–Kier alpha value is -0.425. The third-order valence-electron chi connectivity index (χ3n) is 3.40. The number of hydrogen-bond acceptors (Lipinski definition) is 5. The van der Waals surface area contributed by atoms with Gasteiger partial charge in [-0.3, -0.25) is 4.79 Å². The molecule has 1 aromatic carbocycles. The molecular weight excluding hydrogens is 291 g/mol. The lowest BCUT2D eigenvalue weighted by Gasteiger charge is -2.22. The lowest BCUT2D eigenvalue weighted by atomic mass is 9.77. The third kappa shape index (κ3) is 2.93. The fraction of sp³-hybridized carbons (Fsp3) is 0.500. The summed E-state index contributed by atoms with van der Waals surface area (Å²) in [4.78, 5) is 12.6. The van der Waals surface area contributed by atoms with Crippen LogP contribution in [0.15, 0.2) is 18.2 Å². The first-order valence-corrected chi connectivity index (χ1v) is 8.71. The van der Waals surface area contributed by atoms with E-state index in [1.807, 2.05) is 33.1 Å². The first kappa shape index (κ1) is 16.0. The van der Waals surface area contributed by atoms with Crippen molar-refractivity contribution in [1.82, 2.24) is 0 Å². The number of hydrogen-bond donors (Lipinski definition) is 2. The van der Waals surface area contributed by atoms with Gasteiger partial charge in [0.05, 0.1) is 9.83 Å². The predicted octanol–water partition coefficient (Wildman–Crippen LogP) is 2.13. The molecule has 2 atom stereocenters. The topological polar surface area (TPSA) is 57.5 Å². The summed E-state index contributed by atoms with van der Waals surface area (Å²) in [5.74, 6) is 0.185. The maximum atomic E-state index is 12.6. The van der Waals surface area contributed by atoms with Crippen molar-refractivity contribution < 1.29 is 14.8 Å². The highest BCUT2D eigenvalue weighted by Gasteiger charge is 2.40. The third-order valence-corrected chi connectivity index (χ3v) is 6.23. The van der Waals surface area contributed by atoms with Crippen molar-refractivity contribution in [2.45, 2.75) is 30.6 Å². The minimum absolute atomic E-state index is 0.185. The summed E-state index contributed by atoms with van der Waals surface area (Å²) in [6.45, 7) is 5.77. The second-order valence-corrected chi connectivity index (χ2v) is 8.42. The average molecular weight is 310 g/mol. The van der Waals surface area contributed by atoms with E-state index in [0.29, 0.717) is 5.46 Å². The molecule has 1 aliphatic rings. The molecule has 0 saturated carbocycles. The number of carbonyl (C=O) groups is 1. The zero-order valence-electron chi connectivity index (χ0n) is 12.1. The van der Waals surface area contributed by atoms with E-state index in [2.05, 4.69) is 0 Å². The van der Waals surface area contributed by atoms with Crippen molar-refractivity contribution in [1.29, 1.82) is 0 Å². The SMILES string of the molecule is CSC1SC(C(=O)C(C)(C)C)c2cc(B(O)O)ccc21. The smallest absolute Gasteiger partial charge is 0.423 e. The Balaban J connectivity index is 2.46. The summed E-state index contributed by atoms with van der Waals surface area (Å²) in [5, 5.41) is 18.4. The minimum atomic E-state index is -1.50. The van der Waals surface area contributed by atoms with E-state index in [9.17, 15) is 14.8 Å². The standard InChI is InChI=1S/C14H19BO3S2/c1-14(2,3)12(16)11-10-7-8(15(17)18)5-6-9(10)13(19-4)20-11/h5-7,11,13,17-18H,1-4H3. The van der Waals surface area contributed by atoms with Gasteiger partial charge in [-0.05, 0) is 22.8 Å². The molecule has 6 heteroatoms. The van der Waals surface area contributed by atoms with Gasteiger partial charge in [0.15, 0.2) is 5.78 Å². The Kier molecular flexibility index (Phi) is 4.59. The normalized spacial score (nSPS) is 21.7. The van der Waals surface area contributed by atoms with Gasteiger partial charge < -0.3 is 10.0 Å². The summed E-state index contributed by atoms with van der Waals surface area (Å²) >= 11 is 3.35. The van der Waals surface area contributed by atoms with Crippen molar-refractivity contribution in [2.75, 3.05) is 6.26 Å². The van der Waals surface area contributed by atoms with Crippen LogP contribution in [0.1, 0.15) is 41.7 Å². The van der Waals surface area contributed by atoms with Crippen LogP contribution in [0, 0.1) is 5.41 Å². The molecular formula is C14H19BO3S2. The van der Waals surface area contributed by atoms with Crippen molar-refractivity contribution in [2.24, 2.45) is 5.41 Å². The molecule has 0 saturated heterocycles. The van der Waals surface area contributed by atoms with Gasteiger partial charge in [0.2, 0.25) is 0 Å². The second kappa shape index (κ2) is 5.75. The Bertz CT molecular complexity index is 526. The predicted molar refractivity (Wildman–Crippen MR) is 87.3 cm³/mol. The number of benzene rings is 1. The molecule has 0 amide bonds. The lowest BCUT2D eigenvalue weighted by Crippen LogP contribution is -2.31. The molecule has 1 aromatic rings. The number of carbonyl (C=O) groups excluding carboxylic acids is 1. The Labute approximate surface area is 128 Å². The van der Waals surface area contributed by atoms with Gasteiger partial charge in [0.1, 0.15) is 0 Å². The molecule has 1 heterocycles. The molecule has 2 N–H and O–H groups in total. The van der Waals surface area contributed by atoms with Crippen molar-refractivity contribution in [3.63, 3.8) is 0 Å². The van der Waals surface area contributed by atoms with Gasteiger partial charge in [0, 0.05) is 5.41 Å². The first-order chi connectivity index (χ1) is 9.25. The highest BCUT2D eigenvalue weighted by Crippen LogP contribution is 2.56. The largest absolute Gasteiger partial charge is 0.488 e. The van der Waals surface area contributed by atoms with Crippen LogP contribution in [0.25, 0.3) is 0 Å². The molecule has 0 aliphatic carbocycles. The van der Waals surface area contributed by atoms with Gasteiger partial charge in [-0.15, -0.1) is 23.5 Å². The molecule has 3 nitrogen and oxygen atoms in total. The van der Waals surface area contributed by atoms with Gasteiger partial charge in [-0.2, -0.15) is 0 Å². The van der Waals surface area contributed by atoms with Crippen molar-refractivity contribution in [3.8, 4) is 0 Å². The minimum Gasteiger partial charge on any atom is -0.423 e. The van der Waals surface area contributed by atoms with Gasteiger partial charge in [-0.1, -0.05) is 39.0 Å². The van der Waals surface area contributed by atoms with E-state index in [1.165, 1.54) is 0 Å². The number of thioether (sulfide) groups is 2. The van der Waals surface area contributed by atoms with E-state index in [-0.39, 0.29) is 15.6 Å². The Morgan fingerprint density at radius 3 is 2.45 bits per heavy atom. The Morgan fingerprint density at radius 2 is 1.95 bits per heavy atom. The van der Waals surface area contributed by atoms with E-state index in [4.69, 9.17) is 0 Å². The maximum Gasteiger partial charge on any atom is 0.488 e. The first-order valence-electron chi connectivity index (χ1n) is 6.48. The van der Waals surface area contributed by atoms with E-state index in [1.54, 1.807) is 35.7 Å². The molecule has 2 rings (SSSR count). The monoisotopic (exact) mass is 310 g/mol. The Morgan fingerprint density at radius 1 is 1.30 bits per heavy atom.